The number of carboxylic acid groups (broad SMARTS) is 1. The van der Waals surface area contributed by atoms with Crippen molar-refractivity contribution in [3.8, 4) is 5.75 Å². The Morgan fingerprint density at radius 3 is 2.09 bits per heavy atom. The molecule has 0 fully saturated rings. The highest BCUT2D eigenvalue weighted by Crippen LogP contribution is 2.31. The number of imide groups is 1. The van der Waals surface area contributed by atoms with E-state index in [1.54, 1.807) is 32.9 Å². The molecule has 0 atom stereocenters. The second-order valence-corrected chi connectivity index (χ2v) is 7.05. The molecule has 3 amide bonds. The summed E-state index contributed by atoms with van der Waals surface area (Å²) in [4.78, 5) is 37.4. The number of carbonyl (C=O) groups excluding carboxylic acids is 2. The lowest BCUT2D eigenvalue weighted by Crippen LogP contribution is -2.42. The van der Waals surface area contributed by atoms with Gasteiger partial charge in [0.15, 0.2) is 6.61 Å². The molecule has 0 bridgehead atoms. The zero-order chi connectivity index (χ0) is 24.1. The van der Waals surface area contributed by atoms with E-state index >= 15 is 0 Å². The van der Waals surface area contributed by atoms with Crippen LogP contribution in [0.2, 0.25) is 0 Å². The second kappa shape index (κ2) is 10.2. The number of rotatable bonds is 8. The first-order chi connectivity index (χ1) is 15.0. The van der Waals surface area contributed by atoms with Crippen molar-refractivity contribution in [3.63, 3.8) is 0 Å². The molecule has 7 nitrogen and oxygen atoms in total. The summed E-state index contributed by atoms with van der Waals surface area (Å²) in [5.41, 5.74) is 1.26. The predicted molar refractivity (Wildman–Crippen MR) is 111 cm³/mol. The van der Waals surface area contributed by atoms with E-state index in [4.69, 9.17) is 9.84 Å². The van der Waals surface area contributed by atoms with Gasteiger partial charge in [0.25, 0.3) is 0 Å². The largest absolute Gasteiger partial charge is 0.481 e. The monoisotopic (exact) mass is 452 g/mol. The minimum absolute atomic E-state index is 0.0830. The van der Waals surface area contributed by atoms with Crippen molar-refractivity contribution in [2.24, 2.45) is 0 Å². The van der Waals surface area contributed by atoms with Gasteiger partial charge in [-0.1, -0.05) is 12.1 Å². The van der Waals surface area contributed by atoms with Gasteiger partial charge < -0.3 is 9.84 Å². The molecule has 1 N–H and O–H groups in total. The van der Waals surface area contributed by atoms with E-state index < -0.39 is 30.3 Å². The molecule has 0 aliphatic rings. The van der Waals surface area contributed by atoms with E-state index in [1.807, 2.05) is 0 Å². The molecule has 2 aromatic carbocycles. The van der Waals surface area contributed by atoms with Crippen LogP contribution in [0.3, 0.4) is 0 Å². The van der Waals surface area contributed by atoms with Crippen LogP contribution in [0.4, 0.5) is 23.7 Å². The van der Waals surface area contributed by atoms with Crippen molar-refractivity contribution < 1.29 is 37.4 Å². The fourth-order valence-corrected chi connectivity index (χ4v) is 3.25. The smallest absolute Gasteiger partial charge is 0.416 e. The maximum atomic E-state index is 12.9. The lowest BCUT2D eigenvalue weighted by Gasteiger charge is -2.27. The van der Waals surface area contributed by atoms with Gasteiger partial charge in [-0.3, -0.25) is 14.6 Å². The first kappa shape index (κ1) is 24.7. The summed E-state index contributed by atoms with van der Waals surface area (Å²) in [6.07, 6.45) is -4.14. The van der Waals surface area contributed by atoms with Gasteiger partial charge in [0, 0.05) is 12.2 Å². The topological polar surface area (TPSA) is 87.2 Å². The van der Waals surface area contributed by atoms with Crippen LogP contribution in [0, 0.1) is 13.8 Å². The third-order valence-corrected chi connectivity index (χ3v) is 4.64. The molecule has 10 heteroatoms. The maximum absolute atomic E-state index is 12.9. The Bertz CT molecular complexity index is 967. The molecule has 0 radical (unpaired) electrons. The third-order valence-electron chi connectivity index (χ3n) is 4.64. The van der Waals surface area contributed by atoms with Crippen molar-refractivity contribution in [2.45, 2.75) is 33.5 Å². The number of hydrogen-bond donors (Lipinski definition) is 1. The molecule has 0 spiro atoms. The summed E-state index contributed by atoms with van der Waals surface area (Å²) in [7, 11) is 0. The van der Waals surface area contributed by atoms with Gasteiger partial charge in [0.1, 0.15) is 5.75 Å². The number of carboxylic acids is 1. The number of halogens is 3. The maximum Gasteiger partial charge on any atom is 0.416 e. The average Bonchev–Trinajstić information content (AvgIpc) is 2.71. The van der Waals surface area contributed by atoms with Gasteiger partial charge in [-0.15, -0.1) is 0 Å². The van der Waals surface area contributed by atoms with E-state index in [2.05, 4.69) is 0 Å². The number of aryl methyl sites for hydroxylation is 2. The number of urea groups is 1. The lowest BCUT2D eigenvalue weighted by molar-refractivity contribution is -0.139. The Kier molecular flexibility index (Phi) is 7.85. The van der Waals surface area contributed by atoms with E-state index in [0.717, 1.165) is 17.0 Å². The van der Waals surface area contributed by atoms with Gasteiger partial charge in [0.05, 0.1) is 12.1 Å². The second-order valence-electron chi connectivity index (χ2n) is 7.05. The first-order valence-corrected chi connectivity index (χ1v) is 9.63. The van der Waals surface area contributed by atoms with Crippen molar-refractivity contribution in [1.82, 2.24) is 4.90 Å². The molecule has 0 aromatic heterocycles. The van der Waals surface area contributed by atoms with E-state index in [9.17, 15) is 27.6 Å². The van der Waals surface area contributed by atoms with Gasteiger partial charge >= 0.3 is 18.2 Å². The Hall–Kier alpha value is -3.56. The number of nitrogens with zero attached hydrogens (tertiary/aromatic N) is 2. The van der Waals surface area contributed by atoms with E-state index in [0.29, 0.717) is 28.8 Å². The summed E-state index contributed by atoms with van der Waals surface area (Å²) in [5.74, 6) is -0.714. The fourth-order valence-electron chi connectivity index (χ4n) is 3.25. The normalized spacial score (nSPS) is 11.1. The SMILES string of the molecule is CCN(C(=O)N(C=O)Cc1cc(C)c(OCC(=O)O)c(C)c1)c1ccc(C(F)(F)F)cc1. The minimum atomic E-state index is -4.50. The van der Waals surface area contributed by atoms with Crippen LogP contribution in [-0.2, 0) is 22.3 Å². The highest BCUT2D eigenvalue weighted by atomic mass is 19.4. The lowest BCUT2D eigenvalue weighted by atomic mass is 10.1. The molecule has 0 heterocycles. The number of alkyl halides is 3. The van der Waals surface area contributed by atoms with Gasteiger partial charge in [-0.05, 0) is 61.7 Å². The van der Waals surface area contributed by atoms with Crippen molar-refractivity contribution >= 4 is 24.1 Å². The fraction of sp³-hybridized carbons (Fsp3) is 0.318. The van der Waals surface area contributed by atoms with Crippen LogP contribution < -0.4 is 9.64 Å². The summed E-state index contributed by atoms with van der Waals surface area (Å²) < 4.78 is 43.7. The molecule has 0 aliphatic carbocycles. The summed E-state index contributed by atoms with van der Waals surface area (Å²) in [6, 6.07) is 6.75. The highest BCUT2D eigenvalue weighted by Gasteiger charge is 2.30. The van der Waals surface area contributed by atoms with Crippen LogP contribution in [0.15, 0.2) is 36.4 Å². The van der Waals surface area contributed by atoms with Crippen LogP contribution in [0.25, 0.3) is 0 Å². The summed E-state index contributed by atoms with van der Waals surface area (Å²) in [5, 5.41) is 8.78. The zero-order valence-corrected chi connectivity index (χ0v) is 17.8. The quantitative estimate of drug-likeness (QED) is 0.601. The number of carbonyl (C=O) groups is 3. The summed E-state index contributed by atoms with van der Waals surface area (Å²) in [6.45, 7) is 4.61. The number of aliphatic carboxylic acids is 1. The van der Waals surface area contributed by atoms with E-state index in [1.165, 1.54) is 17.0 Å². The molecule has 2 aromatic rings. The zero-order valence-electron chi connectivity index (χ0n) is 17.8. The van der Waals surface area contributed by atoms with Crippen molar-refractivity contribution in [1.29, 1.82) is 0 Å². The molecular formula is C22H23F3N2O5. The molecule has 2 rings (SSSR count). The van der Waals surface area contributed by atoms with Gasteiger partial charge in [-0.2, -0.15) is 13.2 Å². The Labute approximate surface area is 183 Å². The highest BCUT2D eigenvalue weighted by molar-refractivity contribution is 5.97. The van der Waals surface area contributed by atoms with Crippen LogP contribution in [-0.4, -0.2) is 41.6 Å². The molecule has 0 saturated heterocycles. The molecule has 0 unspecified atom stereocenters. The standard InChI is InChI=1S/C22H23F3N2O5/c1-4-27(18-7-5-17(6-8-18)22(23,24)25)21(31)26(13-28)11-16-9-14(2)20(15(3)10-16)32-12-19(29)30/h5-10,13H,4,11-12H2,1-3H3,(H,29,30). The number of benzene rings is 2. The van der Waals surface area contributed by atoms with Crippen LogP contribution in [0.1, 0.15) is 29.2 Å². The molecule has 172 valence electrons. The Morgan fingerprint density at radius 1 is 1.09 bits per heavy atom. The molecule has 32 heavy (non-hydrogen) atoms. The van der Waals surface area contributed by atoms with Crippen LogP contribution >= 0.6 is 0 Å². The predicted octanol–water partition coefficient (Wildman–Crippen LogP) is 4.39. The molecular weight excluding hydrogens is 429 g/mol. The minimum Gasteiger partial charge on any atom is -0.481 e. The van der Waals surface area contributed by atoms with Gasteiger partial charge in [-0.25, -0.2) is 9.59 Å². The van der Waals surface area contributed by atoms with Crippen molar-refractivity contribution in [2.75, 3.05) is 18.1 Å². The van der Waals surface area contributed by atoms with Gasteiger partial charge in [0.2, 0.25) is 6.41 Å². The number of hydrogen-bond acceptors (Lipinski definition) is 4. The van der Waals surface area contributed by atoms with Crippen LogP contribution in [0.5, 0.6) is 5.75 Å². The Balaban J connectivity index is 2.22. The average molecular weight is 452 g/mol. The first-order valence-electron chi connectivity index (χ1n) is 9.63. The molecule has 0 aliphatic heterocycles. The number of anilines is 1. The number of amides is 3. The molecule has 0 saturated carbocycles. The Morgan fingerprint density at radius 2 is 1.66 bits per heavy atom. The number of ether oxygens (including phenoxy) is 1. The third kappa shape index (κ3) is 5.99. The summed E-state index contributed by atoms with van der Waals surface area (Å²) >= 11 is 0. The van der Waals surface area contributed by atoms with E-state index in [-0.39, 0.29) is 18.8 Å². The van der Waals surface area contributed by atoms with Crippen molar-refractivity contribution in [3.05, 3.63) is 58.7 Å².